The van der Waals surface area contributed by atoms with Crippen molar-refractivity contribution in [1.29, 1.82) is 0 Å². The van der Waals surface area contributed by atoms with Gasteiger partial charge < -0.3 is 11.1 Å². The topological polar surface area (TPSA) is 55.1 Å². The molecule has 4 heteroatoms. The molecule has 2 aromatic rings. The largest absolute Gasteiger partial charge is 0.399 e. The van der Waals surface area contributed by atoms with Gasteiger partial charge in [0.2, 0.25) is 0 Å². The second-order valence-electron chi connectivity index (χ2n) is 4.56. The van der Waals surface area contributed by atoms with Crippen molar-refractivity contribution in [2.24, 2.45) is 0 Å². The summed E-state index contributed by atoms with van der Waals surface area (Å²) < 4.78 is 0. The van der Waals surface area contributed by atoms with Crippen LogP contribution in [0.2, 0.25) is 0 Å². The van der Waals surface area contributed by atoms with Crippen LogP contribution in [0.1, 0.15) is 28.9 Å². The Bertz CT molecular complexity index is 596. The molecule has 2 aromatic carbocycles. The van der Waals surface area contributed by atoms with Crippen molar-refractivity contribution in [1.82, 2.24) is 5.32 Å². The summed E-state index contributed by atoms with van der Waals surface area (Å²) >= 11 is 1.57. The van der Waals surface area contributed by atoms with Crippen LogP contribution in [0.4, 0.5) is 5.69 Å². The number of benzene rings is 2. The zero-order valence-electron chi connectivity index (χ0n) is 11.6. The van der Waals surface area contributed by atoms with Gasteiger partial charge in [-0.15, -0.1) is 11.8 Å². The molecule has 0 aromatic heterocycles. The van der Waals surface area contributed by atoms with E-state index < -0.39 is 0 Å². The predicted molar refractivity (Wildman–Crippen MR) is 85.0 cm³/mol. The van der Waals surface area contributed by atoms with Crippen LogP contribution in [-0.2, 0) is 0 Å². The maximum absolute atomic E-state index is 12.3. The monoisotopic (exact) mass is 286 g/mol. The molecule has 0 saturated carbocycles. The van der Waals surface area contributed by atoms with Gasteiger partial charge in [0.15, 0.2) is 0 Å². The smallest absolute Gasteiger partial charge is 0.252 e. The number of hydrogen-bond donors (Lipinski definition) is 2. The number of anilines is 1. The van der Waals surface area contributed by atoms with Gasteiger partial charge in [-0.05, 0) is 43.0 Å². The van der Waals surface area contributed by atoms with Gasteiger partial charge in [-0.3, -0.25) is 4.79 Å². The standard InChI is InChI=1S/C16H18N2OS/c1-11(12-7-9-13(17)10-8-12)18-16(19)14-5-3-4-6-15(14)20-2/h3-11H,17H2,1-2H3,(H,18,19). The van der Waals surface area contributed by atoms with E-state index in [9.17, 15) is 4.79 Å². The van der Waals surface area contributed by atoms with Crippen LogP contribution < -0.4 is 11.1 Å². The third kappa shape index (κ3) is 3.33. The Morgan fingerprint density at radius 2 is 1.80 bits per heavy atom. The summed E-state index contributed by atoms with van der Waals surface area (Å²) in [4.78, 5) is 13.3. The molecule has 3 N–H and O–H groups in total. The minimum Gasteiger partial charge on any atom is -0.399 e. The third-order valence-electron chi connectivity index (χ3n) is 3.14. The molecule has 1 atom stereocenters. The van der Waals surface area contributed by atoms with E-state index >= 15 is 0 Å². The van der Waals surface area contributed by atoms with Crippen LogP contribution in [0.3, 0.4) is 0 Å². The molecule has 2 rings (SSSR count). The number of carbonyl (C=O) groups excluding carboxylic acids is 1. The molecule has 3 nitrogen and oxygen atoms in total. The van der Waals surface area contributed by atoms with Gasteiger partial charge in [-0.2, -0.15) is 0 Å². The van der Waals surface area contributed by atoms with E-state index in [4.69, 9.17) is 5.73 Å². The summed E-state index contributed by atoms with van der Waals surface area (Å²) in [5.41, 5.74) is 8.14. The number of carbonyl (C=O) groups is 1. The molecular weight excluding hydrogens is 268 g/mol. The minimum atomic E-state index is -0.0574. The number of rotatable bonds is 4. The van der Waals surface area contributed by atoms with E-state index in [1.54, 1.807) is 11.8 Å². The minimum absolute atomic E-state index is 0.0562. The molecular formula is C16H18N2OS. The highest BCUT2D eigenvalue weighted by atomic mass is 32.2. The van der Waals surface area contributed by atoms with Crippen molar-refractivity contribution in [3.05, 3.63) is 59.7 Å². The van der Waals surface area contributed by atoms with E-state index in [1.807, 2.05) is 61.7 Å². The van der Waals surface area contributed by atoms with Crippen LogP contribution in [0.5, 0.6) is 0 Å². The van der Waals surface area contributed by atoms with Gasteiger partial charge in [0.1, 0.15) is 0 Å². The molecule has 0 heterocycles. The SMILES string of the molecule is CSc1ccccc1C(=O)NC(C)c1ccc(N)cc1. The van der Waals surface area contributed by atoms with E-state index in [-0.39, 0.29) is 11.9 Å². The van der Waals surface area contributed by atoms with Gasteiger partial charge in [0.05, 0.1) is 11.6 Å². The molecule has 1 unspecified atom stereocenters. The highest BCUT2D eigenvalue weighted by Gasteiger charge is 2.14. The van der Waals surface area contributed by atoms with E-state index in [0.29, 0.717) is 5.56 Å². The van der Waals surface area contributed by atoms with Crippen LogP contribution in [0.15, 0.2) is 53.4 Å². The molecule has 20 heavy (non-hydrogen) atoms. The Kier molecular flexibility index (Phi) is 4.69. The van der Waals surface area contributed by atoms with Gasteiger partial charge in [0.25, 0.3) is 5.91 Å². The van der Waals surface area contributed by atoms with E-state index in [0.717, 1.165) is 16.1 Å². The van der Waals surface area contributed by atoms with Crippen molar-refractivity contribution in [2.45, 2.75) is 17.9 Å². The van der Waals surface area contributed by atoms with Gasteiger partial charge in [-0.25, -0.2) is 0 Å². The number of thioether (sulfide) groups is 1. The summed E-state index contributed by atoms with van der Waals surface area (Å²) in [6, 6.07) is 15.1. The fourth-order valence-corrected chi connectivity index (χ4v) is 2.57. The lowest BCUT2D eigenvalue weighted by molar-refractivity contribution is 0.0937. The average molecular weight is 286 g/mol. The molecule has 0 aliphatic carbocycles. The molecule has 0 fully saturated rings. The van der Waals surface area contributed by atoms with Crippen LogP contribution in [0.25, 0.3) is 0 Å². The second-order valence-corrected chi connectivity index (χ2v) is 5.41. The van der Waals surface area contributed by atoms with Gasteiger partial charge in [0, 0.05) is 10.6 Å². The molecule has 1 amide bonds. The van der Waals surface area contributed by atoms with Crippen molar-refractivity contribution >= 4 is 23.4 Å². The van der Waals surface area contributed by atoms with Gasteiger partial charge >= 0.3 is 0 Å². The first-order valence-corrected chi connectivity index (χ1v) is 7.63. The molecule has 0 aliphatic rings. The zero-order valence-corrected chi connectivity index (χ0v) is 12.4. The Morgan fingerprint density at radius 1 is 1.15 bits per heavy atom. The van der Waals surface area contributed by atoms with Crippen molar-refractivity contribution in [3.63, 3.8) is 0 Å². The van der Waals surface area contributed by atoms with Crippen LogP contribution in [-0.4, -0.2) is 12.2 Å². The second kappa shape index (κ2) is 6.48. The van der Waals surface area contributed by atoms with E-state index in [2.05, 4.69) is 5.32 Å². The number of amides is 1. The lowest BCUT2D eigenvalue weighted by Crippen LogP contribution is -2.27. The van der Waals surface area contributed by atoms with Gasteiger partial charge in [-0.1, -0.05) is 24.3 Å². The number of nitrogens with two attached hydrogens (primary N) is 1. The van der Waals surface area contributed by atoms with Crippen LogP contribution in [0, 0.1) is 0 Å². The lowest BCUT2D eigenvalue weighted by Gasteiger charge is -2.15. The Morgan fingerprint density at radius 3 is 2.45 bits per heavy atom. The highest BCUT2D eigenvalue weighted by molar-refractivity contribution is 7.98. The molecule has 104 valence electrons. The first-order chi connectivity index (χ1) is 9.61. The number of hydrogen-bond acceptors (Lipinski definition) is 3. The number of nitrogens with one attached hydrogen (secondary N) is 1. The first kappa shape index (κ1) is 14.5. The fraction of sp³-hybridized carbons (Fsp3) is 0.188. The third-order valence-corrected chi connectivity index (χ3v) is 3.93. The van der Waals surface area contributed by atoms with Crippen molar-refractivity contribution in [2.75, 3.05) is 12.0 Å². The maximum Gasteiger partial charge on any atom is 0.252 e. The highest BCUT2D eigenvalue weighted by Crippen LogP contribution is 2.21. The molecule has 0 spiro atoms. The zero-order chi connectivity index (χ0) is 14.5. The summed E-state index contributed by atoms with van der Waals surface area (Å²) in [5.74, 6) is -0.0562. The predicted octanol–water partition coefficient (Wildman–Crippen LogP) is 3.48. The first-order valence-electron chi connectivity index (χ1n) is 6.41. The normalized spacial score (nSPS) is 11.9. The summed E-state index contributed by atoms with van der Waals surface area (Å²) in [6.07, 6.45) is 1.97. The molecule has 0 radical (unpaired) electrons. The number of nitrogen functional groups attached to an aromatic ring is 1. The fourth-order valence-electron chi connectivity index (χ4n) is 1.97. The van der Waals surface area contributed by atoms with Crippen molar-refractivity contribution in [3.8, 4) is 0 Å². The quantitative estimate of drug-likeness (QED) is 0.668. The Balaban J connectivity index is 2.13. The molecule has 0 bridgehead atoms. The molecule has 0 aliphatic heterocycles. The summed E-state index contributed by atoms with van der Waals surface area (Å²) in [7, 11) is 0. The lowest BCUT2D eigenvalue weighted by atomic mass is 10.1. The molecule has 0 saturated heterocycles. The van der Waals surface area contributed by atoms with E-state index in [1.165, 1.54) is 0 Å². The van der Waals surface area contributed by atoms with Crippen LogP contribution >= 0.6 is 11.8 Å². The summed E-state index contributed by atoms with van der Waals surface area (Å²) in [5, 5.41) is 3.01. The maximum atomic E-state index is 12.3. The Labute approximate surface area is 123 Å². The summed E-state index contributed by atoms with van der Waals surface area (Å²) in [6.45, 7) is 1.96. The van der Waals surface area contributed by atoms with Crippen molar-refractivity contribution < 1.29 is 4.79 Å². The Hall–Kier alpha value is -1.94. The average Bonchev–Trinajstić information content (AvgIpc) is 2.47.